The number of nitrogens with zero attached hydrogens (tertiary/aromatic N) is 1. The molecule has 1 saturated heterocycles. The van der Waals surface area contributed by atoms with Gasteiger partial charge < -0.3 is 4.74 Å². The summed E-state index contributed by atoms with van der Waals surface area (Å²) in [6.45, 7) is 2.97. The number of amides is 1. The van der Waals surface area contributed by atoms with Gasteiger partial charge >= 0.3 is 0 Å². The van der Waals surface area contributed by atoms with Gasteiger partial charge in [-0.15, -0.1) is 0 Å². The van der Waals surface area contributed by atoms with Crippen molar-refractivity contribution in [3.63, 3.8) is 0 Å². The van der Waals surface area contributed by atoms with Gasteiger partial charge in [-0.05, 0) is 36.3 Å². The molecule has 3 nitrogen and oxygen atoms in total. The number of ether oxygens (including phenoxy) is 1. The van der Waals surface area contributed by atoms with Gasteiger partial charge in [0.15, 0.2) is 0 Å². The van der Waals surface area contributed by atoms with Gasteiger partial charge in [0, 0.05) is 12.1 Å². The average Bonchev–Trinajstić information content (AvgIpc) is 2.90. The number of thiocarbonyl (C=S) groups is 1. The summed E-state index contributed by atoms with van der Waals surface area (Å²) in [4.78, 5) is 14.7. The van der Waals surface area contributed by atoms with E-state index in [1.807, 2.05) is 37.3 Å². The smallest absolute Gasteiger partial charge is 0.266 e. The zero-order chi connectivity index (χ0) is 18.5. The number of hydrogen-bond donors (Lipinski definition) is 0. The largest absolute Gasteiger partial charge is 0.488 e. The van der Waals surface area contributed by atoms with Crippen LogP contribution >= 0.6 is 24.0 Å². The fourth-order valence-corrected chi connectivity index (χ4v) is 3.83. The first-order valence-electron chi connectivity index (χ1n) is 8.30. The van der Waals surface area contributed by atoms with E-state index < -0.39 is 0 Å². The predicted molar refractivity (Wildman–Crippen MR) is 107 cm³/mol. The number of hydrogen-bond acceptors (Lipinski definition) is 4. The van der Waals surface area contributed by atoms with Crippen molar-refractivity contribution >= 4 is 40.3 Å². The lowest BCUT2D eigenvalue weighted by Gasteiger charge is -2.12. The van der Waals surface area contributed by atoms with E-state index in [1.165, 1.54) is 23.9 Å². The normalized spacial score (nSPS) is 15.8. The molecule has 0 bridgehead atoms. The molecule has 0 aliphatic carbocycles. The summed E-state index contributed by atoms with van der Waals surface area (Å²) in [6, 6.07) is 13.7. The third kappa shape index (κ3) is 4.31. The molecule has 1 aliphatic rings. The van der Waals surface area contributed by atoms with Crippen molar-refractivity contribution in [2.45, 2.75) is 20.0 Å². The highest BCUT2D eigenvalue weighted by Gasteiger charge is 2.31. The molecule has 0 atom stereocenters. The highest BCUT2D eigenvalue weighted by molar-refractivity contribution is 8.26. The minimum absolute atomic E-state index is 0.0600. The third-order valence-corrected chi connectivity index (χ3v) is 5.21. The van der Waals surface area contributed by atoms with Crippen molar-refractivity contribution < 1.29 is 13.9 Å². The van der Waals surface area contributed by atoms with Crippen LogP contribution in [0.5, 0.6) is 5.75 Å². The van der Waals surface area contributed by atoms with Crippen LogP contribution in [0.15, 0.2) is 53.4 Å². The maximum absolute atomic E-state index is 13.0. The molecule has 6 heteroatoms. The first kappa shape index (κ1) is 18.6. The molecule has 0 aromatic heterocycles. The number of halogens is 1. The van der Waals surface area contributed by atoms with Crippen LogP contribution in [0.1, 0.15) is 24.5 Å². The molecule has 2 aromatic rings. The summed E-state index contributed by atoms with van der Waals surface area (Å²) in [5.74, 6) is 0.330. The summed E-state index contributed by atoms with van der Waals surface area (Å²) < 4.78 is 19.5. The van der Waals surface area contributed by atoms with Crippen LogP contribution in [0.25, 0.3) is 6.08 Å². The molecule has 0 N–H and O–H groups in total. The fourth-order valence-electron chi connectivity index (χ4n) is 2.53. The van der Waals surface area contributed by atoms with Crippen LogP contribution < -0.4 is 4.74 Å². The molecule has 0 unspecified atom stereocenters. The van der Waals surface area contributed by atoms with Gasteiger partial charge in [-0.1, -0.05) is 61.2 Å². The van der Waals surface area contributed by atoms with Crippen molar-refractivity contribution in [3.8, 4) is 5.75 Å². The van der Waals surface area contributed by atoms with Crippen molar-refractivity contribution in [1.29, 1.82) is 0 Å². The highest BCUT2D eigenvalue weighted by Crippen LogP contribution is 2.34. The van der Waals surface area contributed by atoms with E-state index in [0.717, 1.165) is 17.5 Å². The summed E-state index contributed by atoms with van der Waals surface area (Å²) in [7, 11) is 0. The monoisotopic (exact) mass is 387 g/mol. The van der Waals surface area contributed by atoms with Crippen LogP contribution in [0.2, 0.25) is 0 Å². The molecule has 1 heterocycles. The zero-order valence-corrected chi connectivity index (χ0v) is 15.9. The number of carbonyl (C=O) groups is 1. The molecule has 0 saturated carbocycles. The molecule has 1 amide bonds. The van der Waals surface area contributed by atoms with Crippen LogP contribution in [0, 0.1) is 5.82 Å². The number of carbonyl (C=O) groups excluding carboxylic acids is 1. The van der Waals surface area contributed by atoms with Crippen molar-refractivity contribution in [1.82, 2.24) is 4.90 Å². The summed E-state index contributed by atoms with van der Waals surface area (Å²) in [6.07, 6.45) is 2.67. The zero-order valence-electron chi connectivity index (χ0n) is 14.3. The minimum Gasteiger partial charge on any atom is -0.488 e. The predicted octanol–water partition coefficient (Wildman–Crippen LogP) is 5.02. The Labute approximate surface area is 161 Å². The summed E-state index contributed by atoms with van der Waals surface area (Å²) in [5, 5.41) is 0. The second kappa shape index (κ2) is 8.47. The minimum atomic E-state index is -0.275. The van der Waals surface area contributed by atoms with E-state index in [9.17, 15) is 9.18 Å². The second-order valence-electron chi connectivity index (χ2n) is 5.79. The van der Waals surface area contributed by atoms with Crippen LogP contribution in [-0.2, 0) is 11.4 Å². The molecule has 1 fully saturated rings. The lowest BCUT2D eigenvalue weighted by atomic mass is 10.1. The SMILES string of the molecule is CCCN1C(=O)/C(=C\c2ccccc2OCc2ccc(F)cc2)SC1=S. The van der Waals surface area contributed by atoms with E-state index in [2.05, 4.69) is 0 Å². The Morgan fingerprint density at radius 3 is 2.65 bits per heavy atom. The van der Waals surface area contributed by atoms with Crippen LogP contribution in [-0.4, -0.2) is 21.7 Å². The van der Waals surface area contributed by atoms with Crippen molar-refractivity contribution in [2.24, 2.45) is 0 Å². The number of benzene rings is 2. The first-order valence-corrected chi connectivity index (χ1v) is 9.52. The van der Waals surface area contributed by atoms with E-state index in [-0.39, 0.29) is 11.7 Å². The van der Waals surface area contributed by atoms with Gasteiger partial charge in [0.05, 0.1) is 4.91 Å². The van der Waals surface area contributed by atoms with Gasteiger partial charge in [-0.25, -0.2) is 4.39 Å². The van der Waals surface area contributed by atoms with Gasteiger partial charge in [0.1, 0.15) is 22.5 Å². The lowest BCUT2D eigenvalue weighted by Crippen LogP contribution is -2.28. The standard InChI is InChI=1S/C20H18FNO2S2/c1-2-11-22-19(23)18(26-20(22)25)12-15-5-3-4-6-17(15)24-13-14-7-9-16(21)10-8-14/h3-10,12H,2,11,13H2,1H3/b18-12+. The molecule has 1 aliphatic heterocycles. The van der Waals surface area contributed by atoms with Gasteiger partial charge in [0.25, 0.3) is 5.91 Å². The maximum atomic E-state index is 13.0. The van der Waals surface area contributed by atoms with E-state index >= 15 is 0 Å². The molecule has 134 valence electrons. The summed E-state index contributed by atoms with van der Waals surface area (Å²) in [5.41, 5.74) is 1.68. The Bertz CT molecular complexity index is 849. The summed E-state index contributed by atoms with van der Waals surface area (Å²) >= 11 is 6.61. The van der Waals surface area contributed by atoms with Gasteiger partial charge in [0.2, 0.25) is 0 Å². The molecule has 0 radical (unpaired) electrons. The van der Waals surface area contributed by atoms with E-state index in [0.29, 0.717) is 28.1 Å². The molecule has 2 aromatic carbocycles. The lowest BCUT2D eigenvalue weighted by molar-refractivity contribution is -0.122. The Balaban J connectivity index is 1.78. The quantitative estimate of drug-likeness (QED) is 0.514. The number of para-hydroxylation sites is 1. The molecule has 26 heavy (non-hydrogen) atoms. The Morgan fingerprint density at radius 2 is 1.92 bits per heavy atom. The Kier molecular flexibility index (Phi) is 6.06. The van der Waals surface area contributed by atoms with Gasteiger partial charge in [-0.2, -0.15) is 0 Å². The molecule has 3 rings (SSSR count). The number of rotatable bonds is 6. The highest BCUT2D eigenvalue weighted by atomic mass is 32.2. The fraction of sp³-hybridized carbons (Fsp3) is 0.200. The third-order valence-electron chi connectivity index (χ3n) is 3.83. The topological polar surface area (TPSA) is 29.5 Å². The van der Waals surface area contributed by atoms with E-state index in [1.54, 1.807) is 17.0 Å². The van der Waals surface area contributed by atoms with Crippen LogP contribution in [0.3, 0.4) is 0 Å². The second-order valence-corrected chi connectivity index (χ2v) is 7.46. The Hall–Kier alpha value is -2.18. The van der Waals surface area contributed by atoms with E-state index in [4.69, 9.17) is 17.0 Å². The van der Waals surface area contributed by atoms with Crippen molar-refractivity contribution in [2.75, 3.05) is 6.54 Å². The Morgan fingerprint density at radius 1 is 1.19 bits per heavy atom. The number of thioether (sulfide) groups is 1. The molecular weight excluding hydrogens is 369 g/mol. The maximum Gasteiger partial charge on any atom is 0.266 e. The molecule has 0 spiro atoms. The van der Waals surface area contributed by atoms with Crippen molar-refractivity contribution in [3.05, 3.63) is 70.4 Å². The van der Waals surface area contributed by atoms with Crippen LogP contribution in [0.4, 0.5) is 4.39 Å². The van der Waals surface area contributed by atoms with Gasteiger partial charge in [-0.3, -0.25) is 9.69 Å². The first-order chi connectivity index (χ1) is 12.6. The molecular formula is C20H18FNO2S2. The average molecular weight is 388 g/mol.